The minimum absolute atomic E-state index is 0.382. The lowest BCUT2D eigenvalue weighted by molar-refractivity contribution is -0.385. The van der Waals surface area contributed by atoms with Crippen LogP contribution in [0.4, 0.5) is 10.1 Å². The van der Waals surface area contributed by atoms with Crippen LogP contribution >= 0.6 is 15.9 Å². The van der Waals surface area contributed by atoms with E-state index in [9.17, 15) is 24.4 Å². The Morgan fingerprint density at radius 2 is 2.12 bits per heavy atom. The van der Waals surface area contributed by atoms with Crippen molar-refractivity contribution in [1.29, 1.82) is 0 Å². The van der Waals surface area contributed by atoms with Crippen LogP contribution in [0.1, 0.15) is 11.7 Å². The van der Waals surface area contributed by atoms with Crippen LogP contribution in [-0.4, -0.2) is 21.1 Å². The zero-order valence-corrected chi connectivity index (χ0v) is 9.14. The molecule has 0 aliphatic rings. The summed E-state index contributed by atoms with van der Waals surface area (Å²) in [7, 11) is 0. The fraction of sp³-hybridized carbons (Fsp3) is 0.125. The third kappa shape index (κ3) is 2.17. The van der Waals surface area contributed by atoms with Gasteiger partial charge in [0.25, 0.3) is 5.69 Å². The van der Waals surface area contributed by atoms with E-state index < -0.39 is 34.1 Å². The Morgan fingerprint density at radius 3 is 2.56 bits per heavy atom. The SMILES string of the molecule is O=C(O)C(O)c1c(F)ccc([N+](=O)[O-])c1Br. The van der Waals surface area contributed by atoms with Gasteiger partial charge in [-0.25, -0.2) is 9.18 Å². The molecule has 0 aromatic heterocycles. The Hall–Kier alpha value is -1.54. The lowest BCUT2D eigenvalue weighted by Gasteiger charge is -2.09. The van der Waals surface area contributed by atoms with Gasteiger partial charge in [0.05, 0.1) is 4.92 Å². The molecule has 0 saturated carbocycles. The van der Waals surface area contributed by atoms with Gasteiger partial charge < -0.3 is 10.2 Å². The first-order chi connectivity index (χ1) is 7.36. The number of hydrogen-bond donors (Lipinski definition) is 2. The number of halogens is 2. The minimum atomic E-state index is -2.16. The van der Waals surface area contributed by atoms with Crippen LogP contribution in [0, 0.1) is 15.9 Å². The van der Waals surface area contributed by atoms with Crippen LogP contribution in [0.2, 0.25) is 0 Å². The van der Waals surface area contributed by atoms with Gasteiger partial charge in [0.1, 0.15) is 10.3 Å². The van der Waals surface area contributed by atoms with E-state index in [1.165, 1.54) is 0 Å². The Balaban J connectivity index is 3.43. The summed E-state index contributed by atoms with van der Waals surface area (Å²) in [6, 6.07) is 1.60. The Morgan fingerprint density at radius 1 is 1.56 bits per heavy atom. The van der Waals surface area contributed by atoms with Crippen molar-refractivity contribution in [3.05, 3.63) is 38.1 Å². The lowest BCUT2D eigenvalue weighted by atomic mass is 10.1. The van der Waals surface area contributed by atoms with Gasteiger partial charge in [0.15, 0.2) is 6.10 Å². The molecule has 6 nitrogen and oxygen atoms in total. The number of aliphatic carboxylic acids is 1. The fourth-order valence-electron chi connectivity index (χ4n) is 1.07. The largest absolute Gasteiger partial charge is 0.479 e. The highest BCUT2D eigenvalue weighted by Gasteiger charge is 2.28. The molecule has 2 N–H and O–H groups in total. The molecule has 1 atom stereocenters. The summed E-state index contributed by atoms with van der Waals surface area (Å²) in [5.74, 6) is -2.73. The number of carboxylic acid groups (broad SMARTS) is 1. The van der Waals surface area contributed by atoms with Crippen molar-refractivity contribution in [3.63, 3.8) is 0 Å². The second-order valence-corrected chi connectivity index (χ2v) is 3.59. The summed E-state index contributed by atoms with van der Waals surface area (Å²) in [5, 5.41) is 28.2. The third-order valence-electron chi connectivity index (χ3n) is 1.81. The maximum absolute atomic E-state index is 13.2. The standard InChI is InChI=1S/C8H5BrFNO5/c9-6-4(11(15)16)2-1-3(10)5(6)7(12)8(13)14/h1-2,7,12H,(H,13,14). The molecular formula is C8H5BrFNO5. The van der Waals surface area contributed by atoms with E-state index in [1.54, 1.807) is 0 Å². The van der Waals surface area contributed by atoms with E-state index in [4.69, 9.17) is 5.11 Å². The number of carbonyl (C=O) groups is 1. The van der Waals surface area contributed by atoms with Crippen molar-refractivity contribution >= 4 is 27.6 Å². The van der Waals surface area contributed by atoms with Gasteiger partial charge in [-0.15, -0.1) is 0 Å². The Kier molecular flexibility index (Phi) is 3.55. The molecular weight excluding hydrogens is 289 g/mol. The van der Waals surface area contributed by atoms with Crippen molar-refractivity contribution in [3.8, 4) is 0 Å². The van der Waals surface area contributed by atoms with Crippen LogP contribution in [0.25, 0.3) is 0 Å². The van der Waals surface area contributed by atoms with E-state index in [2.05, 4.69) is 15.9 Å². The predicted molar refractivity (Wildman–Crippen MR) is 53.4 cm³/mol. The molecule has 0 aliphatic carbocycles. The van der Waals surface area contributed by atoms with Crippen LogP contribution in [0.15, 0.2) is 16.6 Å². The first-order valence-electron chi connectivity index (χ1n) is 3.89. The molecule has 1 aromatic carbocycles. The highest BCUT2D eigenvalue weighted by molar-refractivity contribution is 9.10. The predicted octanol–water partition coefficient (Wildman–Crippen LogP) is 1.61. The molecule has 1 aromatic rings. The van der Waals surface area contributed by atoms with Gasteiger partial charge in [-0.2, -0.15) is 0 Å². The van der Waals surface area contributed by atoms with Gasteiger partial charge >= 0.3 is 5.97 Å². The van der Waals surface area contributed by atoms with Crippen LogP contribution < -0.4 is 0 Å². The fourth-order valence-corrected chi connectivity index (χ4v) is 1.76. The Labute approximate surface area is 96.6 Å². The normalized spacial score (nSPS) is 12.2. The van der Waals surface area contributed by atoms with Crippen molar-refractivity contribution < 1.29 is 24.3 Å². The van der Waals surface area contributed by atoms with Crippen molar-refractivity contribution in [2.24, 2.45) is 0 Å². The summed E-state index contributed by atoms with van der Waals surface area (Å²) >= 11 is 2.70. The van der Waals surface area contributed by atoms with E-state index in [0.29, 0.717) is 0 Å². The monoisotopic (exact) mass is 293 g/mol. The van der Waals surface area contributed by atoms with E-state index in [0.717, 1.165) is 12.1 Å². The molecule has 0 fully saturated rings. The van der Waals surface area contributed by atoms with E-state index in [1.807, 2.05) is 0 Å². The number of nitrogens with zero attached hydrogens (tertiary/aromatic N) is 1. The maximum atomic E-state index is 13.2. The number of nitro groups is 1. The number of rotatable bonds is 3. The molecule has 8 heteroatoms. The molecule has 1 rings (SSSR count). The summed E-state index contributed by atoms with van der Waals surface area (Å²) < 4.78 is 12.8. The molecule has 0 saturated heterocycles. The molecule has 0 aliphatic heterocycles. The zero-order valence-electron chi connectivity index (χ0n) is 7.55. The molecule has 0 radical (unpaired) electrons. The van der Waals surface area contributed by atoms with Crippen molar-refractivity contribution in [2.45, 2.75) is 6.10 Å². The second kappa shape index (κ2) is 4.54. The average Bonchev–Trinajstić information content (AvgIpc) is 2.16. The highest BCUT2D eigenvalue weighted by Crippen LogP contribution is 2.34. The third-order valence-corrected chi connectivity index (χ3v) is 2.64. The number of benzene rings is 1. The van der Waals surface area contributed by atoms with Crippen molar-refractivity contribution in [1.82, 2.24) is 0 Å². The van der Waals surface area contributed by atoms with Crippen molar-refractivity contribution in [2.75, 3.05) is 0 Å². The maximum Gasteiger partial charge on any atom is 0.337 e. The topological polar surface area (TPSA) is 101 Å². The minimum Gasteiger partial charge on any atom is -0.479 e. The number of aliphatic hydroxyl groups excluding tert-OH is 1. The van der Waals surface area contributed by atoms with Crippen LogP contribution in [-0.2, 0) is 4.79 Å². The van der Waals surface area contributed by atoms with Crippen LogP contribution in [0.5, 0.6) is 0 Å². The van der Waals surface area contributed by atoms with Gasteiger partial charge in [-0.1, -0.05) is 0 Å². The summed E-state index contributed by atoms with van der Waals surface area (Å²) in [5.41, 5.74) is -1.18. The van der Waals surface area contributed by atoms with E-state index in [-0.39, 0.29) is 4.47 Å². The molecule has 0 amide bonds. The summed E-state index contributed by atoms with van der Waals surface area (Å²) in [4.78, 5) is 20.2. The molecule has 86 valence electrons. The first-order valence-corrected chi connectivity index (χ1v) is 4.68. The second-order valence-electron chi connectivity index (χ2n) is 2.79. The first kappa shape index (κ1) is 12.5. The summed E-state index contributed by atoms with van der Waals surface area (Å²) in [6.07, 6.45) is -2.16. The molecule has 0 bridgehead atoms. The van der Waals surface area contributed by atoms with E-state index >= 15 is 0 Å². The van der Waals surface area contributed by atoms with Gasteiger partial charge in [-0.05, 0) is 22.0 Å². The average molecular weight is 294 g/mol. The lowest BCUT2D eigenvalue weighted by Crippen LogP contribution is -2.13. The molecule has 0 heterocycles. The smallest absolute Gasteiger partial charge is 0.337 e. The highest BCUT2D eigenvalue weighted by atomic mass is 79.9. The number of nitro benzene ring substituents is 1. The summed E-state index contributed by atoms with van der Waals surface area (Å²) in [6.45, 7) is 0. The molecule has 16 heavy (non-hydrogen) atoms. The zero-order chi connectivity index (χ0) is 12.5. The van der Waals surface area contributed by atoms with Crippen LogP contribution in [0.3, 0.4) is 0 Å². The van der Waals surface area contributed by atoms with Gasteiger partial charge in [-0.3, -0.25) is 10.1 Å². The number of carboxylic acids is 1. The number of aliphatic hydroxyl groups is 1. The number of hydrogen-bond acceptors (Lipinski definition) is 4. The quantitative estimate of drug-likeness (QED) is 0.651. The van der Waals surface area contributed by atoms with Gasteiger partial charge in [0.2, 0.25) is 0 Å². The Bertz CT molecular complexity index is 464. The molecule has 0 spiro atoms. The van der Waals surface area contributed by atoms with Gasteiger partial charge in [0, 0.05) is 11.6 Å². The molecule has 1 unspecified atom stereocenters.